The van der Waals surface area contributed by atoms with Crippen LogP contribution in [0.25, 0.3) is 44.8 Å². The topological polar surface area (TPSA) is 66.2 Å². The molecule has 0 saturated carbocycles. The molecule has 5 aromatic carbocycles. The van der Waals surface area contributed by atoms with E-state index in [1.165, 1.54) is 0 Å². The highest BCUT2D eigenvalue weighted by molar-refractivity contribution is 5.83. The number of aromatic nitrogens is 2. The molecule has 2 N–H and O–H groups in total. The van der Waals surface area contributed by atoms with Crippen LogP contribution in [0.15, 0.2) is 146 Å². The molecule has 0 saturated heterocycles. The summed E-state index contributed by atoms with van der Waals surface area (Å²) >= 11 is 0. The van der Waals surface area contributed by atoms with Crippen LogP contribution in [0.1, 0.15) is 74.9 Å². The third-order valence-corrected chi connectivity index (χ3v) is 9.81. The maximum absolute atomic E-state index is 11.4. The Morgan fingerprint density at radius 2 is 0.768 bits per heavy atom. The Bertz CT molecular complexity index is 2460. The zero-order chi connectivity index (χ0) is 39.5. The number of hydrogen-bond acceptors (Lipinski definition) is 4. The summed E-state index contributed by atoms with van der Waals surface area (Å²) in [6.45, 7) is 13.0. The van der Waals surface area contributed by atoms with Gasteiger partial charge in [0.15, 0.2) is 0 Å². The van der Waals surface area contributed by atoms with Crippen LogP contribution in [0.3, 0.4) is 0 Å². The number of phenols is 2. The van der Waals surface area contributed by atoms with Crippen LogP contribution in [-0.2, 0) is 10.8 Å². The summed E-state index contributed by atoms with van der Waals surface area (Å²) in [6, 6.07) is 43.6. The number of hydrogen-bond donors (Lipinski definition) is 2. The Hall–Kier alpha value is -6.88. The lowest BCUT2D eigenvalue weighted by Crippen LogP contribution is -2.11. The van der Waals surface area contributed by atoms with E-state index in [0.717, 1.165) is 55.6 Å². The Kier molecular flexibility index (Phi) is 10.3. The molecular weight excluding hydrogens is 685 g/mol. The predicted molar refractivity (Wildman–Crippen MR) is 229 cm³/mol. The second kappa shape index (κ2) is 15.5. The first-order valence-corrected chi connectivity index (χ1v) is 18.8. The molecule has 0 bridgehead atoms. The molecule has 0 amide bonds. The predicted octanol–water partition coefficient (Wildman–Crippen LogP) is 12.0. The molecular formula is C52H44N2O2. The van der Waals surface area contributed by atoms with Crippen LogP contribution in [0, 0.1) is 23.7 Å². The van der Waals surface area contributed by atoms with E-state index in [1.807, 2.05) is 121 Å². The third-order valence-electron chi connectivity index (χ3n) is 9.81. The van der Waals surface area contributed by atoms with Crippen molar-refractivity contribution in [2.45, 2.75) is 52.4 Å². The van der Waals surface area contributed by atoms with Gasteiger partial charge in [0.2, 0.25) is 0 Å². The van der Waals surface area contributed by atoms with Gasteiger partial charge in [-0.25, -0.2) is 0 Å². The van der Waals surface area contributed by atoms with Crippen molar-refractivity contribution in [3.63, 3.8) is 0 Å². The molecule has 0 aliphatic rings. The van der Waals surface area contributed by atoms with Gasteiger partial charge >= 0.3 is 0 Å². The van der Waals surface area contributed by atoms with Crippen molar-refractivity contribution < 1.29 is 10.2 Å². The lowest BCUT2D eigenvalue weighted by Gasteiger charge is -2.22. The SMILES string of the molecule is CC(C)(C)c1cc(-c2ccccc2)c(O)c(-c2ccc(C#Cc3ccccc3C#Cc3ccc(-c4cc(C(C)(C)C)cc(-c5ccccc5)c4O)nc3)cn2)c1. The smallest absolute Gasteiger partial charge is 0.132 e. The average molecular weight is 729 g/mol. The highest BCUT2D eigenvalue weighted by Crippen LogP contribution is 2.43. The highest BCUT2D eigenvalue weighted by Gasteiger charge is 2.22. The number of nitrogens with zero attached hydrogens (tertiary/aromatic N) is 2. The van der Waals surface area contributed by atoms with Crippen molar-refractivity contribution in [1.82, 2.24) is 9.97 Å². The van der Waals surface area contributed by atoms with Crippen LogP contribution < -0.4 is 0 Å². The summed E-state index contributed by atoms with van der Waals surface area (Å²) in [5.74, 6) is 13.5. The minimum absolute atomic E-state index is 0.122. The quantitative estimate of drug-likeness (QED) is 0.177. The van der Waals surface area contributed by atoms with Gasteiger partial charge in [-0.3, -0.25) is 9.97 Å². The summed E-state index contributed by atoms with van der Waals surface area (Å²) in [7, 11) is 0. The standard InChI is InChI=1S/C52H44N2O2/c1-51(2,3)41-29-43(39-17-9-7-10-18-39)49(55)45(31-41)47-27-23-35(33-53-47)21-25-37-15-13-14-16-38(37)26-22-36-24-28-48(54-34-36)46-32-42(52(4,5)6)30-44(50(46)56)40-19-11-8-12-20-40/h7-20,23-24,27-34,55-56H,1-6H3. The van der Waals surface area contributed by atoms with Crippen molar-refractivity contribution in [1.29, 1.82) is 0 Å². The Labute approximate surface area is 330 Å². The Morgan fingerprint density at radius 3 is 1.11 bits per heavy atom. The first kappa shape index (κ1) is 37.4. The summed E-state index contributed by atoms with van der Waals surface area (Å²) in [5, 5.41) is 22.9. The van der Waals surface area contributed by atoms with Gasteiger partial charge in [-0.2, -0.15) is 0 Å². The largest absolute Gasteiger partial charge is 0.507 e. The number of benzene rings is 5. The van der Waals surface area contributed by atoms with Gasteiger partial charge in [0.05, 0.1) is 11.4 Å². The van der Waals surface area contributed by atoms with Gasteiger partial charge in [0.1, 0.15) is 11.5 Å². The molecule has 56 heavy (non-hydrogen) atoms. The second-order valence-electron chi connectivity index (χ2n) is 16.0. The van der Waals surface area contributed by atoms with Crippen molar-refractivity contribution in [3.8, 4) is 79.9 Å². The summed E-state index contributed by atoms with van der Waals surface area (Å²) in [5.41, 5.74) is 11.3. The average Bonchev–Trinajstić information content (AvgIpc) is 3.20. The lowest BCUT2D eigenvalue weighted by atomic mass is 9.83. The zero-order valence-electron chi connectivity index (χ0n) is 32.6. The third kappa shape index (κ3) is 8.27. The van der Waals surface area contributed by atoms with Crippen LogP contribution in [0.4, 0.5) is 0 Å². The van der Waals surface area contributed by atoms with E-state index in [0.29, 0.717) is 22.5 Å². The second-order valence-corrected chi connectivity index (χ2v) is 16.0. The fraction of sp³-hybridized carbons (Fsp3) is 0.154. The van der Waals surface area contributed by atoms with Gasteiger partial charge in [-0.15, -0.1) is 0 Å². The van der Waals surface area contributed by atoms with Crippen molar-refractivity contribution in [2.24, 2.45) is 0 Å². The van der Waals surface area contributed by atoms with Crippen LogP contribution in [0.5, 0.6) is 11.5 Å². The first-order chi connectivity index (χ1) is 26.8. The number of rotatable bonds is 4. The van der Waals surface area contributed by atoms with E-state index in [4.69, 9.17) is 9.97 Å². The molecule has 2 aromatic heterocycles. The van der Waals surface area contributed by atoms with Gasteiger partial charge in [0, 0.05) is 56.9 Å². The molecule has 0 aliphatic carbocycles. The molecule has 0 atom stereocenters. The molecule has 2 heterocycles. The fourth-order valence-electron chi connectivity index (χ4n) is 6.44. The van der Waals surface area contributed by atoms with E-state index >= 15 is 0 Å². The number of pyridine rings is 2. The molecule has 0 fully saturated rings. The fourth-order valence-corrected chi connectivity index (χ4v) is 6.44. The molecule has 7 rings (SSSR count). The number of phenolic OH excluding ortho intramolecular Hbond substituents is 2. The van der Waals surface area contributed by atoms with E-state index < -0.39 is 0 Å². The Balaban J connectivity index is 1.14. The van der Waals surface area contributed by atoms with E-state index in [2.05, 4.69) is 77.4 Å². The van der Waals surface area contributed by atoms with Crippen LogP contribution in [0.2, 0.25) is 0 Å². The summed E-state index contributed by atoms with van der Waals surface area (Å²) in [4.78, 5) is 9.47. The molecule has 274 valence electrons. The van der Waals surface area contributed by atoms with E-state index in [-0.39, 0.29) is 22.3 Å². The summed E-state index contributed by atoms with van der Waals surface area (Å²) < 4.78 is 0. The molecule has 7 aromatic rings. The van der Waals surface area contributed by atoms with Crippen LogP contribution >= 0.6 is 0 Å². The monoisotopic (exact) mass is 728 g/mol. The molecule has 4 nitrogen and oxygen atoms in total. The van der Waals surface area contributed by atoms with E-state index in [1.54, 1.807) is 12.4 Å². The lowest BCUT2D eigenvalue weighted by molar-refractivity contribution is 0.477. The summed E-state index contributed by atoms with van der Waals surface area (Å²) in [6.07, 6.45) is 3.49. The molecule has 0 spiro atoms. The van der Waals surface area contributed by atoms with Gasteiger partial charge in [-0.05, 0) is 93.7 Å². The molecule has 4 heteroatoms. The normalized spacial score (nSPS) is 11.2. The molecule has 0 aliphatic heterocycles. The van der Waals surface area contributed by atoms with Crippen LogP contribution in [-0.4, -0.2) is 20.2 Å². The van der Waals surface area contributed by atoms with Gasteiger partial charge in [0.25, 0.3) is 0 Å². The molecule has 0 unspecified atom stereocenters. The zero-order valence-corrected chi connectivity index (χ0v) is 32.6. The minimum Gasteiger partial charge on any atom is -0.507 e. The van der Waals surface area contributed by atoms with Crippen molar-refractivity contribution >= 4 is 0 Å². The maximum atomic E-state index is 11.4. The first-order valence-electron chi connectivity index (χ1n) is 18.8. The molecule has 0 radical (unpaired) electrons. The number of aromatic hydroxyl groups is 2. The van der Waals surface area contributed by atoms with E-state index in [9.17, 15) is 10.2 Å². The van der Waals surface area contributed by atoms with Gasteiger partial charge < -0.3 is 10.2 Å². The van der Waals surface area contributed by atoms with Crippen molar-refractivity contribution in [3.05, 3.63) is 179 Å². The highest BCUT2D eigenvalue weighted by atomic mass is 16.3. The van der Waals surface area contributed by atoms with Gasteiger partial charge in [-0.1, -0.05) is 138 Å². The Morgan fingerprint density at radius 1 is 0.411 bits per heavy atom. The maximum Gasteiger partial charge on any atom is 0.132 e. The van der Waals surface area contributed by atoms with Crippen molar-refractivity contribution in [2.75, 3.05) is 0 Å². The minimum atomic E-state index is -0.122.